The highest BCUT2D eigenvalue weighted by Gasteiger charge is 2.06. The molecule has 0 unspecified atom stereocenters. The van der Waals surface area contributed by atoms with Crippen molar-refractivity contribution in [3.05, 3.63) is 24.2 Å². The number of aromatic nitrogens is 3. The Bertz CT molecular complexity index is 389. The van der Waals surface area contributed by atoms with Crippen LogP contribution in [0.5, 0.6) is 0 Å². The number of aromatic amines is 1. The molecule has 1 N–H and O–H groups in total. The van der Waals surface area contributed by atoms with Gasteiger partial charge in [0.25, 0.3) is 0 Å². The smallest absolute Gasteiger partial charge is 0.0737 e. The lowest BCUT2D eigenvalue weighted by atomic mass is 10.0. The predicted molar refractivity (Wildman–Crippen MR) is 48.0 cm³/mol. The molecule has 0 aliphatic carbocycles. The maximum atomic E-state index is 3.86. The Morgan fingerprint density at radius 2 is 2.00 bits per heavy atom. The number of H-pyrrole nitrogens is 1. The molecule has 0 fully saturated rings. The van der Waals surface area contributed by atoms with E-state index in [-0.39, 0.29) is 0 Å². The second kappa shape index (κ2) is 2.59. The second-order valence-electron chi connectivity index (χ2n) is 3.22. The van der Waals surface area contributed by atoms with Gasteiger partial charge in [-0.2, -0.15) is 10.2 Å². The van der Waals surface area contributed by atoms with E-state index in [0.29, 0.717) is 5.92 Å². The molecule has 0 aromatic carbocycles. The van der Waals surface area contributed by atoms with Gasteiger partial charge in [0.1, 0.15) is 0 Å². The molecule has 62 valence electrons. The van der Waals surface area contributed by atoms with Crippen LogP contribution < -0.4 is 0 Å². The molecule has 3 nitrogen and oxygen atoms in total. The van der Waals surface area contributed by atoms with Crippen molar-refractivity contribution >= 4 is 10.9 Å². The molecule has 12 heavy (non-hydrogen) atoms. The lowest BCUT2D eigenvalue weighted by Gasteiger charge is -1.99. The van der Waals surface area contributed by atoms with Gasteiger partial charge in [-0.1, -0.05) is 13.8 Å². The van der Waals surface area contributed by atoms with Crippen LogP contribution in [0.4, 0.5) is 0 Å². The molecule has 0 bridgehead atoms. The fraction of sp³-hybridized carbons (Fsp3) is 0.333. The van der Waals surface area contributed by atoms with Crippen LogP contribution in [0.15, 0.2) is 18.6 Å². The van der Waals surface area contributed by atoms with E-state index in [1.165, 1.54) is 10.9 Å². The van der Waals surface area contributed by atoms with Gasteiger partial charge in [-0.15, -0.1) is 0 Å². The first-order valence-corrected chi connectivity index (χ1v) is 4.06. The molecule has 0 saturated carbocycles. The number of rotatable bonds is 1. The van der Waals surface area contributed by atoms with E-state index >= 15 is 0 Å². The maximum absolute atomic E-state index is 3.86. The minimum Gasteiger partial charge on any atom is -0.360 e. The minimum atomic E-state index is 0.531. The van der Waals surface area contributed by atoms with Gasteiger partial charge in [-0.05, 0) is 11.5 Å². The van der Waals surface area contributed by atoms with E-state index in [9.17, 15) is 0 Å². The van der Waals surface area contributed by atoms with Gasteiger partial charge in [0.15, 0.2) is 0 Å². The number of hydrogen-bond acceptors (Lipinski definition) is 2. The first kappa shape index (κ1) is 7.28. The molecule has 0 radical (unpaired) electrons. The van der Waals surface area contributed by atoms with Gasteiger partial charge in [-0.25, -0.2) is 0 Å². The van der Waals surface area contributed by atoms with E-state index in [1.807, 2.05) is 6.20 Å². The summed E-state index contributed by atoms with van der Waals surface area (Å²) in [6.45, 7) is 4.34. The van der Waals surface area contributed by atoms with E-state index in [2.05, 4.69) is 29.0 Å². The maximum Gasteiger partial charge on any atom is 0.0737 e. The molecule has 2 rings (SSSR count). The fourth-order valence-electron chi connectivity index (χ4n) is 1.38. The van der Waals surface area contributed by atoms with E-state index in [0.717, 1.165) is 5.52 Å². The Morgan fingerprint density at radius 3 is 2.75 bits per heavy atom. The Kier molecular flexibility index (Phi) is 1.57. The molecule has 2 aromatic rings. The van der Waals surface area contributed by atoms with Crippen molar-refractivity contribution in [2.75, 3.05) is 0 Å². The third kappa shape index (κ3) is 0.978. The van der Waals surface area contributed by atoms with Gasteiger partial charge >= 0.3 is 0 Å². The minimum absolute atomic E-state index is 0.531. The van der Waals surface area contributed by atoms with E-state index in [1.54, 1.807) is 12.4 Å². The average Bonchev–Trinajstić information content (AvgIpc) is 2.47. The van der Waals surface area contributed by atoms with Gasteiger partial charge in [0.05, 0.1) is 17.9 Å². The van der Waals surface area contributed by atoms with E-state index < -0.39 is 0 Å². The summed E-state index contributed by atoms with van der Waals surface area (Å²) in [5, 5.41) is 8.84. The van der Waals surface area contributed by atoms with Crippen LogP contribution >= 0.6 is 0 Å². The fourth-order valence-corrected chi connectivity index (χ4v) is 1.38. The van der Waals surface area contributed by atoms with Crippen LogP contribution in [0.3, 0.4) is 0 Å². The highest BCUT2D eigenvalue weighted by atomic mass is 15.1. The lowest BCUT2D eigenvalue weighted by molar-refractivity contribution is 0.874. The van der Waals surface area contributed by atoms with Gasteiger partial charge in [0, 0.05) is 11.6 Å². The molecule has 0 saturated heterocycles. The number of nitrogens with zero attached hydrogens (tertiary/aromatic N) is 2. The van der Waals surface area contributed by atoms with Crippen molar-refractivity contribution in [3.8, 4) is 0 Å². The molecule has 2 heterocycles. The molecule has 2 aromatic heterocycles. The van der Waals surface area contributed by atoms with Crippen molar-refractivity contribution in [2.45, 2.75) is 19.8 Å². The van der Waals surface area contributed by atoms with Crippen molar-refractivity contribution in [3.63, 3.8) is 0 Å². The summed E-state index contributed by atoms with van der Waals surface area (Å²) in [7, 11) is 0. The number of hydrogen-bond donors (Lipinski definition) is 1. The summed E-state index contributed by atoms with van der Waals surface area (Å²) in [6, 6.07) is 0. The highest BCUT2D eigenvalue weighted by Crippen LogP contribution is 2.22. The number of nitrogens with one attached hydrogen (secondary N) is 1. The van der Waals surface area contributed by atoms with Crippen LogP contribution in [-0.2, 0) is 0 Å². The van der Waals surface area contributed by atoms with Crippen molar-refractivity contribution in [1.29, 1.82) is 0 Å². The zero-order valence-corrected chi connectivity index (χ0v) is 7.20. The quantitative estimate of drug-likeness (QED) is 0.695. The topological polar surface area (TPSA) is 41.6 Å². The van der Waals surface area contributed by atoms with E-state index in [4.69, 9.17) is 0 Å². The monoisotopic (exact) mass is 161 g/mol. The van der Waals surface area contributed by atoms with Crippen LogP contribution in [0.1, 0.15) is 25.3 Å². The summed E-state index contributed by atoms with van der Waals surface area (Å²) >= 11 is 0. The Labute approximate surface area is 70.8 Å². The van der Waals surface area contributed by atoms with Crippen LogP contribution in [0, 0.1) is 0 Å². The predicted octanol–water partition coefficient (Wildman–Crippen LogP) is 2.08. The van der Waals surface area contributed by atoms with Crippen LogP contribution in [0.25, 0.3) is 10.9 Å². The largest absolute Gasteiger partial charge is 0.360 e. The van der Waals surface area contributed by atoms with Gasteiger partial charge < -0.3 is 4.98 Å². The second-order valence-corrected chi connectivity index (χ2v) is 3.22. The molecule has 0 amide bonds. The molecule has 0 aliphatic heterocycles. The SMILES string of the molecule is CC(C)c1c[nH]c2cnncc12. The summed E-state index contributed by atoms with van der Waals surface area (Å²) in [5.74, 6) is 0.531. The molecule has 0 atom stereocenters. The first-order chi connectivity index (χ1) is 5.79. The average molecular weight is 161 g/mol. The molecular weight excluding hydrogens is 150 g/mol. The van der Waals surface area contributed by atoms with Gasteiger partial charge in [-0.3, -0.25) is 0 Å². The van der Waals surface area contributed by atoms with Crippen molar-refractivity contribution in [1.82, 2.24) is 15.2 Å². The molecular formula is C9H11N3. The van der Waals surface area contributed by atoms with Crippen molar-refractivity contribution < 1.29 is 0 Å². The third-order valence-electron chi connectivity index (χ3n) is 2.05. The molecule has 3 heteroatoms. The van der Waals surface area contributed by atoms with Crippen molar-refractivity contribution in [2.24, 2.45) is 0 Å². The Balaban J connectivity index is 2.70. The zero-order valence-electron chi connectivity index (χ0n) is 7.20. The zero-order chi connectivity index (χ0) is 8.55. The molecule has 0 spiro atoms. The normalized spacial score (nSPS) is 11.2. The third-order valence-corrected chi connectivity index (χ3v) is 2.05. The summed E-state index contributed by atoms with van der Waals surface area (Å²) in [4.78, 5) is 3.17. The van der Waals surface area contributed by atoms with Crippen LogP contribution in [0.2, 0.25) is 0 Å². The molecule has 0 aliphatic rings. The lowest BCUT2D eigenvalue weighted by Crippen LogP contribution is -1.85. The summed E-state index contributed by atoms with van der Waals surface area (Å²) in [6.07, 6.45) is 5.58. The number of fused-ring (bicyclic) bond motifs is 1. The first-order valence-electron chi connectivity index (χ1n) is 4.06. The van der Waals surface area contributed by atoms with Crippen LogP contribution in [-0.4, -0.2) is 15.2 Å². The Hall–Kier alpha value is -1.38. The summed E-state index contributed by atoms with van der Waals surface area (Å²) in [5.41, 5.74) is 2.37. The highest BCUT2D eigenvalue weighted by molar-refractivity contribution is 5.81. The van der Waals surface area contributed by atoms with Gasteiger partial charge in [0.2, 0.25) is 0 Å². The summed E-state index contributed by atoms with van der Waals surface area (Å²) < 4.78 is 0. The standard InChI is InChI=1S/C9H11N3/c1-6(2)7-3-10-9-5-12-11-4-8(7)9/h3-6,10H,1-2H3. The Morgan fingerprint density at radius 1 is 1.25 bits per heavy atom.